The maximum atomic E-state index is 10.4. The van der Waals surface area contributed by atoms with Crippen LogP contribution in [-0.2, 0) is 5.60 Å². The fraction of sp³-hybridized carbons (Fsp3) is 0.133. The van der Waals surface area contributed by atoms with Gasteiger partial charge >= 0.3 is 0 Å². The molecule has 0 amide bonds. The van der Waals surface area contributed by atoms with Crippen LogP contribution in [0.1, 0.15) is 11.3 Å². The minimum absolute atomic E-state index is 0.0108. The predicted octanol–water partition coefficient (Wildman–Crippen LogP) is 2.56. The Labute approximate surface area is 111 Å². The number of aliphatic hydroxyl groups is 1. The van der Waals surface area contributed by atoms with Gasteiger partial charge in [0.25, 0.3) is 0 Å². The molecule has 0 aliphatic heterocycles. The highest BCUT2D eigenvalue weighted by molar-refractivity contribution is 6.18. The standard InChI is InChI=1S/C15H12ClNO/c16-12-15(18,13-6-2-1-3-7-13)10-9-14-8-4-5-11-17-14/h1-8,11,18H,12H2. The fourth-order valence-corrected chi connectivity index (χ4v) is 1.72. The number of benzene rings is 1. The first kappa shape index (κ1) is 12.6. The van der Waals surface area contributed by atoms with E-state index in [4.69, 9.17) is 11.6 Å². The minimum atomic E-state index is -1.35. The molecule has 90 valence electrons. The van der Waals surface area contributed by atoms with E-state index < -0.39 is 5.60 Å². The van der Waals surface area contributed by atoms with E-state index in [1.807, 2.05) is 30.3 Å². The van der Waals surface area contributed by atoms with Crippen LogP contribution in [0.25, 0.3) is 0 Å². The zero-order chi connectivity index (χ0) is 12.8. The molecule has 0 radical (unpaired) electrons. The Kier molecular flexibility index (Phi) is 3.99. The molecule has 0 fully saturated rings. The van der Waals surface area contributed by atoms with Gasteiger partial charge in [0.15, 0.2) is 5.60 Å². The second-order valence-corrected chi connectivity index (χ2v) is 4.09. The Morgan fingerprint density at radius 3 is 2.44 bits per heavy atom. The summed E-state index contributed by atoms with van der Waals surface area (Å²) in [6.45, 7) is 0. The van der Waals surface area contributed by atoms with Gasteiger partial charge in [0.2, 0.25) is 0 Å². The molecule has 2 aromatic rings. The molecule has 3 heteroatoms. The molecular weight excluding hydrogens is 246 g/mol. The van der Waals surface area contributed by atoms with Gasteiger partial charge < -0.3 is 5.11 Å². The van der Waals surface area contributed by atoms with Crippen molar-refractivity contribution in [2.24, 2.45) is 0 Å². The lowest BCUT2D eigenvalue weighted by atomic mass is 9.96. The van der Waals surface area contributed by atoms with E-state index in [-0.39, 0.29) is 5.88 Å². The largest absolute Gasteiger partial charge is 0.372 e. The van der Waals surface area contributed by atoms with Crippen LogP contribution >= 0.6 is 11.6 Å². The SMILES string of the molecule is OC(C#Cc1ccccn1)(CCl)c1ccccc1. The van der Waals surface area contributed by atoms with Crippen LogP contribution in [0.3, 0.4) is 0 Å². The molecule has 0 saturated heterocycles. The number of hydrogen-bond acceptors (Lipinski definition) is 2. The Bertz CT molecular complexity index is 559. The summed E-state index contributed by atoms with van der Waals surface area (Å²) in [6, 6.07) is 14.6. The summed E-state index contributed by atoms with van der Waals surface area (Å²) in [5.74, 6) is 5.64. The number of rotatable bonds is 2. The Hall–Kier alpha value is -1.82. The molecular formula is C15H12ClNO. The van der Waals surface area contributed by atoms with Crippen molar-refractivity contribution in [3.05, 3.63) is 66.0 Å². The van der Waals surface area contributed by atoms with Crippen molar-refractivity contribution in [1.29, 1.82) is 0 Å². The quantitative estimate of drug-likeness (QED) is 0.663. The number of nitrogens with zero attached hydrogens (tertiary/aromatic N) is 1. The van der Waals surface area contributed by atoms with Gasteiger partial charge in [-0.05, 0) is 23.6 Å². The lowest BCUT2D eigenvalue weighted by Gasteiger charge is -2.19. The lowest BCUT2D eigenvalue weighted by molar-refractivity contribution is 0.126. The molecule has 1 aromatic carbocycles. The second kappa shape index (κ2) is 5.68. The normalized spacial score (nSPS) is 13.2. The third-order valence-corrected chi connectivity index (χ3v) is 2.89. The van der Waals surface area contributed by atoms with E-state index in [1.54, 1.807) is 24.4 Å². The molecule has 1 N–H and O–H groups in total. The van der Waals surface area contributed by atoms with Gasteiger partial charge in [-0.15, -0.1) is 11.6 Å². The average Bonchev–Trinajstić information content (AvgIpc) is 2.47. The molecule has 1 aromatic heterocycles. The van der Waals surface area contributed by atoms with Crippen molar-refractivity contribution in [1.82, 2.24) is 4.98 Å². The van der Waals surface area contributed by atoms with E-state index in [0.717, 1.165) is 0 Å². The van der Waals surface area contributed by atoms with Crippen LogP contribution < -0.4 is 0 Å². The number of pyridine rings is 1. The van der Waals surface area contributed by atoms with E-state index in [1.165, 1.54) is 0 Å². The molecule has 1 atom stereocenters. The first-order valence-electron chi connectivity index (χ1n) is 5.53. The van der Waals surface area contributed by atoms with Crippen molar-refractivity contribution < 1.29 is 5.11 Å². The molecule has 0 aliphatic rings. The molecule has 0 spiro atoms. The van der Waals surface area contributed by atoms with Crippen LogP contribution in [0.2, 0.25) is 0 Å². The minimum Gasteiger partial charge on any atom is -0.372 e. The summed E-state index contributed by atoms with van der Waals surface area (Å²) in [4.78, 5) is 4.08. The monoisotopic (exact) mass is 257 g/mol. The average molecular weight is 258 g/mol. The zero-order valence-corrected chi connectivity index (χ0v) is 10.4. The maximum absolute atomic E-state index is 10.4. The van der Waals surface area contributed by atoms with Crippen LogP contribution in [0.5, 0.6) is 0 Å². The Balaban J connectivity index is 2.33. The number of aromatic nitrogens is 1. The fourth-order valence-electron chi connectivity index (χ4n) is 1.50. The van der Waals surface area contributed by atoms with E-state index >= 15 is 0 Å². The van der Waals surface area contributed by atoms with Crippen molar-refractivity contribution >= 4 is 11.6 Å². The van der Waals surface area contributed by atoms with Crippen LogP contribution in [0.15, 0.2) is 54.7 Å². The highest BCUT2D eigenvalue weighted by Crippen LogP contribution is 2.21. The van der Waals surface area contributed by atoms with Gasteiger partial charge in [-0.2, -0.15) is 0 Å². The molecule has 0 saturated carbocycles. The summed E-state index contributed by atoms with van der Waals surface area (Å²) in [5, 5.41) is 10.4. The molecule has 2 nitrogen and oxygen atoms in total. The Morgan fingerprint density at radius 2 is 1.83 bits per heavy atom. The molecule has 18 heavy (non-hydrogen) atoms. The van der Waals surface area contributed by atoms with Gasteiger partial charge in [0, 0.05) is 6.20 Å². The molecule has 1 heterocycles. The number of hydrogen-bond donors (Lipinski definition) is 1. The van der Waals surface area contributed by atoms with Crippen LogP contribution in [0.4, 0.5) is 0 Å². The summed E-state index contributed by atoms with van der Waals surface area (Å²) in [6.07, 6.45) is 1.66. The van der Waals surface area contributed by atoms with E-state index in [9.17, 15) is 5.11 Å². The summed E-state index contributed by atoms with van der Waals surface area (Å²) < 4.78 is 0. The lowest BCUT2D eigenvalue weighted by Crippen LogP contribution is -2.25. The van der Waals surface area contributed by atoms with Crippen LogP contribution in [-0.4, -0.2) is 16.0 Å². The molecule has 0 aliphatic carbocycles. The third kappa shape index (κ3) is 2.89. The van der Waals surface area contributed by atoms with Crippen molar-refractivity contribution in [3.8, 4) is 11.8 Å². The van der Waals surface area contributed by atoms with Gasteiger partial charge in [-0.25, -0.2) is 4.98 Å². The smallest absolute Gasteiger partial charge is 0.164 e. The predicted molar refractivity (Wildman–Crippen MR) is 72.2 cm³/mol. The first-order valence-corrected chi connectivity index (χ1v) is 6.06. The molecule has 0 bridgehead atoms. The highest BCUT2D eigenvalue weighted by Gasteiger charge is 2.25. The van der Waals surface area contributed by atoms with E-state index in [0.29, 0.717) is 11.3 Å². The summed E-state index contributed by atoms with van der Waals surface area (Å²) in [5.41, 5.74) is -0.0548. The zero-order valence-electron chi connectivity index (χ0n) is 9.68. The molecule has 1 unspecified atom stereocenters. The van der Waals surface area contributed by atoms with Crippen molar-refractivity contribution in [2.75, 3.05) is 5.88 Å². The molecule has 2 rings (SSSR count). The van der Waals surface area contributed by atoms with Crippen molar-refractivity contribution in [3.63, 3.8) is 0 Å². The maximum Gasteiger partial charge on any atom is 0.164 e. The van der Waals surface area contributed by atoms with E-state index in [2.05, 4.69) is 16.8 Å². The summed E-state index contributed by atoms with van der Waals surface area (Å²) in [7, 11) is 0. The topological polar surface area (TPSA) is 33.1 Å². The van der Waals surface area contributed by atoms with Gasteiger partial charge in [0.05, 0.1) is 5.88 Å². The second-order valence-electron chi connectivity index (χ2n) is 3.82. The van der Waals surface area contributed by atoms with Gasteiger partial charge in [-0.1, -0.05) is 42.3 Å². The van der Waals surface area contributed by atoms with Gasteiger partial charge in [-0.3, -0.25) is 0 Å². The summed E-state index contributed by atoms with van der Waals surface area (Å²) >= 11 is 5.84. The number of halogens is 1. The van der Waals surface area contributed by atoms with Crippen LogP contribution in [0, 0.1) is 11.8 Å². The first-order chi connectivity index (χ1) is 8.74. The highest BCUT2D eigenvalue weighted by atomic mass is 35.5. The van der Waals surface area contributed by atoms with Gasteiger partial charge in [0.1, 0.15) is 5.69 Å². The Morgan fingerprint density at radius 1 is 1.11 bits per heavy atom. The third-order valence-electron chi connectivity index (χ3n) is 2.51. The van der Waals surface area contributed by atoms with Crippen molar-refractivity contribution in [2.45, 2.75) is 5.60 Å². The number of alkyl halides is 1.